The van der Waals surface area contributed by atoms with Gasteiger partial charge in [-0.1, -0.05) is 40.1 Å². The van der Waals surface area contributed by atoms with Gasteiger partial charge in [0.25, 0.3) is 0 Å². The summed E-state index contributed by atoms with van der Waals surface area (Å²) in [6.45, 7) is 2.23. The largest absolute Gasteiger partial charge is 0.0683 e. The fourth-order valence-corrected chi connectivity index (χ4v) is 3.82. The van der Waals surface area contributed by atoms with E-state index in [0.29, 0.717) is 0 Å². The number of rotatable bonds is 0. The van der Waals surface area contributed by atoms with Crippen LogP contribution in [0, 0.1) is 0 Å². The zero-order valence-corrected chi connectivity index (χ0v) is 11.4. The first-order valence-corrected chi connectivity index (χ1v) is 7.05. The summed E-state index contributed by atoms with van der Waals surface area (Å²) in [5.41, 5.74) is 7.67. The molecule has 0 aromatic heterocycles. The van der Waals surface area contributed by atoms with E-state index in [0.717, 1.165) is 6.42 Å². The van der Waals surface area contributed by atoms with Crippen LogP contribution >= 0.6 is 15.9 Å². The third kappa shape index (κ3) is 1.66. The van der Waals surface area contributed by atoms with Gasteiger partial charge in [0.05, 0.1) is 0 Å². The topological polar surface area (TPSA) is 0 Å². The minimum absolute atomic E-state index is 1.14. The number of fused-ring (bicyclic) bond motifs is 2. The SMILES string of the molecule is CC1=Cc2cc3c(c(Br)c2C1)CCCCC3. The number of allylic oxidation sites excluding steroid dienone is 1. The van der Waals surface area contributed by atoms with Crippen molar-refractivity contribution < 1.29 is 0 Å². The maximum Gasteiger partial charge on any atom is 0.0251 e. The summed E-state index contributed by atoms with van der Waals surface area (Å²) in [5, 5.41) is 0. The normalized spacial score (nSPS) is 18.8. The molecule has 3 rings (SSSR count). The summed E-state index contributed by atoms with van der Waals surface area (Å²) in [4.78, 5) is 0. The van der Waals surface area contributed by atoms with Crippen LogP contribution in [0.4, 0.5) is 0 Å². The average molecular weight is 277 g/mol. The van der Waals surface area contributed by atoms with Gasteiger partial charge in [-0.05, 0) is 61.3 Å². The van der Waals surface area contributed by atoms with Crippen LogP contribution in [0.1, 0.15) is 48.4 Å². The molecule has 0 saturated heterocycles. The van der Waals surface area contributed by atoms with Crippen molar-refractivity contribution in [2.24, 2.45) is 0 Å². The smallest absolute Gasteiger partial charge is 0.0251 e. The van der Waals surface area contributed by atoms with E-state index in [1.54, 1.807) is 11.1 Å². The van der Waals surface area contributed by atoms with E-state index >= 15 is 0 Å². The second kappa shape index (κ2) is 4.03. The lowest BCUT2D eigenvalue weighted by Gasteiger charge is -2.13. The fourth-order valence-electron chi connectivity index (χ4n) is 3.00. The molecule has 2 aliphatic carbocycles. The molecular weight excluding hydrogens is 260 g/mol. The van der Waals surface area contributed by atoms with Gasteiger partial charge >= 0.3 is 0 Å². The Morgan fingerprint density at radius 2 is 1.88 bits per heavy atom. The molecule has 0 radical (unpaired) electrons. The van der Waals surface area contributed by atoms with Gasteiger partial charge in [0, 0.05) is 4.47 Å². The van der Waals surface area contributed by atoms with Gasteiger partial charge in [-0.3, -0.25) is 0 Å². The summed E-state index contributed by atoms with van der Waals surface area (Å²) in [7, 11) is 0. The van der Waals surface area contributed by atoms with Crippen LogP contribution in [-0.2, 0) is 19.3 Å². The van der Waals surface area contributed by atoms with Crippen LogP contribution in [-0.4, -0.2) is 0 Å². The van der Waals surface area contributed by atoms with E-state index in [-0.39, 0.29) is 0 Å². The molecule has 0 heterocycles. The second-order valence-electron chi connectivity index (χ2n) is 5.12. The Hall–Kier alpha value is -0.560. The highest BCUT2D eigenvalue weighted by molar-refractivity contribution is 9.10. The Kier molecular flexibility index (Phi) is 2.67. The van der Waals surface area contributed by atoms with Crippen molar-refractivity contribution in [3.63, 3.8) is 0 Å². The van der Waals surface area contributed by atoms with Crippen LogP contribution in [0.2, 0.25) is 0 Å². The van der Waals surface area contributed by atoms with Crippen molar-refractivity contribution in [2.45, 2.75) is 45.4 Å². The number of benzene rings is 1. The number of hydrogen-bond donors (Lipinski definition) is 0. The lowest BCUT2D eigenvalue weighted by atomic mass is 9.96. The van der Waals surface area contributed by atoms with Gasteiger partial charge in [0.15, 0.2) is 0 Å². The lowest BCUT2D eigenvalue weighted by Crippen LogP contribution is -1.98. The molecule has 1 heteroatoms. The van der Waals surface area contributed by atoms with Crippen molar-refractivity contribution in [1.82, 2.24) is 0 Å². The van der Waals surface area contributed by atoms with Crippen molar-refractivity contribution >= 4 is 22.0 Å². The summed E-state index contributed by atoms with van der Waals surface area (Å²) in [5.74, 6) is 0. The first kappa shape index (κ1) is 10.6. The minimum Gasteiger partial charge on any atom is -0.0683 e. The summed E-state index contributed by atoms with van der Waals surface area (Å²) >= 11 is 3.85. The molecule has 0 fully saturated rings. The molecule has 0 N–H and O–H groups in total. The standard InChI is InChI=1S/C15H17Br/c1-10-7-12-9-11-5-3-2-4-6-13(11)15(16)14(12)8-10/h7,9H,2-6,8H2,1H3. The van der Waals surface area contributed by atoms with E-state index < -0.39 is 0 Å². The quantitative estimate of drug-likeness (QED) is 0.604. The second-order valence-corrected chi connectivity index (χ2v) is 5.92. The molecular formula is C15H17Br. The van der Waals surface area contributed by atoms with E-state index in [1.807, 2.05) is 0 Å². The molecule has 1 aromatic carbocycles. The van der Waals surface area contributed by atoms with Gasteiger partial charge in [-0.2, -0.15) is 0 Å². The van der Waals surface area contributed by atoms with Gasteiger partial charge < -0.3 is 0 Å². The molecule has 0 aliphatic heterocycles. The number of halogens is 1. The molecule has 0 nitrogen and oxygen atoms in total. The predicted molar refractivity (Wildman–Crippen MR) is 72.8 cm³/mol. The molecule has 0 atom stereocenters. The van der Waals surface area contributed by atoms with E-state index in [2.05, 4.69) is 35.0 Å². The summed E-state index contributed by atoms with van der Waals surface area (Å²) in [6, 6.07) is 2.44. The van der Waals surface area contributed by atoms with Crippen molar-refractivity contribution in [1.29, 1.82) is 0 Å². The molecule has 0 bridgehead atoms. The zero-order valence-electron chi connectivity index (χ0n) is 9.78. The Morgan fingerprint density at radius 3 is 2.75 bits per heavy atom. The summed E-state index contributed by atoms with van der Waals surface area (Å²) in [6.07, 6.45) is 10.1. The Morgan fingerprint density at radius 1 is 1.06 bits per heavy atom. The predicted octanol–water partition coefficient (Wildman–Crippen LogP) is 4.68. The van der Waals surface area contributed by atoms with Gasteiger partial charge in [-0.25, -0.2) is 0 Å². The van der Waals surface area contributed by atoms with Crippen molar-refractivity contribution in [2.75, 3.05) is 0 Å². The maximum atomic E-state index is 3.85. The first-order valence-electron chi connectivity index (χ1n) is 6.26. The molecule has 84 valence electrons. The van der Waals surface area contributed by atoms with Crippen molar-refractivity contribution in [3.8, 4) is 0 Å². The zero-order chi connectivity index (χ0) is 11.1. The highest BCUT2D eigenvalue weighted by Gasteiger charge is 2.20. The maximum absolute atomic E-state index is 3.85. The van der Waals surface area contributed by atoms with E-state index in [1.165, 1.54) is 53.3 Å². The number of hydrogen-bond acceptors (Lipinski definition) is 0. The van der Waals surface area contributed by atoms with Crippen LogP contribution in [0.5, 0.6) is 0 Å². The molecule has 2 aliphatic rings. The highest BCUT2D eigenvalue weighted by atomic mass is 79.9. The molecule has 0 amide bonds. The molecule has 0 spiro atoms. The van der Waals surface area contributed by atoms with E-state index in [9.17, 15) is 0 Å². The third-order valence-electron chi connectivity index (χ3n) is 3.83. The van der Waals surface area contributed by atoms with E-state index in [4.69, 9.17) is 0 Å². The lowest BCUT2D eigenvalue weighted by molar-refractivity contribution is 0.711. The number of aryl methyl sites for hydroxylation is 1. The Bertz CT molecular complexity index is 469. The van der Waals surface area contributed by atoms with Crippen LogP contribution in [0.25, 0.3) is 6.08 Å². The molecule has 0 unspecified atom stereocenters. The monoisotopic (exact) mass is 276 g/mol. The molecule has 0 saturated carbocycles. The summed E-state index contributed by atoms with van der Waals surface area (Å²) < 4.78 is 1.41. The minimum atomic E-state index is 1.14. The average Bonchev–Trinajstić information content (AvgIpc) is 2.48. The van der Waals surface area contributed by atoms with Crippen LogP contribution in [0.3, 0.4) is 0 Å². The first-order chi connectivity index (χ1) is 7.75. The molecule has 16 heavy (non-hydrogen) atoms. The van der Waals surface area contributed by atoms with Crippen LogP contribution < -0.4 is 0 Å². The van der Waals surface area contributed by atoms with Crippen LogP contribution in [0.15, 0.2) is 16.1 Å². The van der Waals surface area contributed by atoms with Crippen molar-refractivity contribution in [3.05, 3.63) is 38.4 Å². The third-order valence-corrected chi connectivity index (χ3v) is 4.78. The van der Waals surface area contributed by atoms with Gasteiger partial charge in [0.2, 0.25) is 0 Å². The van der Waals surface area contributed by atoms with Gasteiger partial charge in [0.1, 0.15) is 0 Å². The molecule has 1 aromatic rings. The Balaban J connectivity index is 2.15. The fraction of sp³-hybridized carbons (Fsp3) is 0.467. The van der Waals surface area contributed by atoms with Gasteiger partial charge in [-0.15, -0.1) is 0 Å². The highest BCUT2D eigenvalue weighted by Crippen LogP contribution is 2.37. The Labute approximate surface area is 106 Å².